The average Bonchev–Trinajstić information content (AvgIpc) is 2.45. The lowest BCUT2D eigenvalue weighted by molar-refractivity contribution is 0.118. The molecule has 2 unspecified atom stereocenters. The van der Waals surface area contributed by atoms with E-state index >= 15 is 0 Å². The van der Waals surface area contributed by atoms with E-state index in [4.69, 9.17) is 11.6 Å². The predicted octanol–water partition coefficient (Wildman–Crippen LogP) is 1.94. The van der Waals surface area contributed by atoms with Crippen LogP contribution in [0.3, 0.4) is 0 Å². The van der Waals surface area contributed by atoms with Gasteiger partial charge in [-0.05, 0) is 30.7 Å². The molecule has 1 heterocycles. The molecule has 0 bridgehead atoms. The summed E-state index contributed by atoms with van der Waals surface area (Å²) in [6.07, 6.45) is 0.731. The van der Waals surface area contributed by atoms with Gasteiger partial charge in [0.25, 0.3) is 0 Å². The summed E-state index contributed by atoms with van der Waals surface area (Å²) in [7, 11) is 0. The largest absolute Gasteiger partial charge is 0.394 e. The van der Waals surface area contributed by atoms with E-state index in [1.165, 1.54) is 0 Å². The van der Waals surface area contributed by atoms with Crippen molar-refractivity contribution in [2.24, 2.45) is 0 Å². The van der Waals surface area contributed by atoms with E-state index < -0.39 is 12.1 Å². The Morgan fingerprint density at radius 2 is 1.95 bits per heavy atom. The van der Waals surface area contributed by atoms with Gasteiger partial charge in [-0.2, -0.15) is 0 Å². The number of nitrogens with zero attached hydrogens (tertiary/aromatic N) is 2. The molecule has 0 aliphatic rings. The summed E-state index contributed by atoms with van der Waals surface area (Å²) in [6, 6.07) is 7.99. The molecule has 0 saturated heterocycles. The minimum atomic E-state index is -0.888. The number of rotatable bonds is 5. The second-order valence-corrected chi connectivity index (χ2v) is 4.89. The first-order valence-electron chi connectivity index (χ1n) is 6.20. The van der Waals surface area contributed by atoms with E-state index in [1.54, 1.807) is 36.5 Å². The molecule has 0 aliphatic carbocycles. The van der Waals surface area contributed by atoms with Crippen molar-refractivity contribution in [2.45, 2.75) is 19.1 Å². The van der Waals surface area contributed by atoms with Gasteiger partial charge >= 0.3 is 0 Å². The Morgan fingerprint density at radius 3 is 2.55 bits per heavy atom. The van der Waals surface area contributed by atoms with Gasteiger partial charge in [0.1, 0.15) is 6.10 Å². The van der Waals surface area contributed by atoms with E-state index in [1.807, 2.05) is 6.92 Å². The quantitative estimate of drug-likeness (QED) is 0.785. The zero-order valence-electron chi connectivity index (χ0n) is 11.0. The van der Waals surface area contributed by atoms with Crippen molar-refractivity contribution < 1.29 is 10.2 Å². The molecule has 2 aromatic rings. The van der Waals surface area contributed by atoms with Crippen LogP contribution < -0.4 is 5.32 Å². The predicted molar refractivity (Wildman–Crippen MR) is 77.7 cm³/mol. The monoisotopic (exact) mass is 293 g/mol. The lowest BCUT2D eigenvalue weighted by Crippen LogP contribution is -2.32. The minimum absolute atomic E-state index is 0.249. The lowest BCUT2D eigenvalue weighted by Gasteiger charge is -2.22. The van der Waals surface area contributed by atoms with Gasteiger partial charge < -0.3 is 15.5 Å². The van der Waals surface area contributed by atoms with Crippen LogP contribution in [0, 0.1) is 6.92 Å². The molecule has 20 heavy (non-hydrogen) atoms. The van der Waals surface area contributed by atoms with Crippen LogP contribution in [0.5, 0.6) is 0 Å². The number of aliphatic hydroxyl groups excluding tert-OH is 2. The van der Waals surface area contributed by atoms with Crippen LogP contribution in [0.15, 0.2) is 36.5 Å². The fraction of sp³-hybridized carbons (Fsp3) is 0.286. The van der Waals surface area contributed by atoms with Crippen molar-refractivity contribution in [3.63, 3.8) is 0 Å². The molecule has 2 atom stereocenters. The van der Waals surface area contributed by atoms with E-state index in [-0.39, 0.29) is 6.61 Å². The fourth-order valence-electron chi connectivity index (χ4n) is 1.80. The zero-order chi connectivity index (χ0) is 14.5. The summed E-state index contributed by atoms with van der Waals surface area (Å²) < 4.78 is 0. The molecular weight excluding hydrogens is 278 g/mol. The standard InChI is InChI=1S/C14H16ClN3O2/c1-9-6-7-16-14(17-9)18-12(8-19)13(20)10-2-4-11(15)5-3-10/h2-7,12-13,19-20H,8H2,1H3,(H,16,17,18). The van der Waals surface area contributed by atoms with Gasteiger partial charge in [0.2, 0.25) is 5.95 Å². The average molecular weight is 294 g/mol. The lowest BCUT2D eigenvalue weighted by atomic mass is 10.0. The molecule has 0 fully saturated rings. The second-order valence-electron chi connectivity index (χ2n) is 4.45. The van der Waals surface area contributed by atoms with E-state index in [2.05, 4.69) is 15.3 Å². The molecule has 1 aromatic carbocycles. The van der Waals surface area contributed by atoms with E-state index in [9.17, 15) is 10.2 Å². The van der Waals surface area contributed by atoms with Gasteiger partial charge in [0.15, 0.2) is 0 Å². The maximum absolute atomic E-state index is 10.3. The molecule has 0 saturated carbocycles. The molecule has 6 heteroatoms. The van der Waals surface area contributed by atoms with Gasteiger partial charge in [-0.25, -0.2) is 9.97 Å². The third-order valence-corrected chi connectivity index (χ3v) is 3.15. The van der Waals surface area contributed by atoms with Crippen LogP contribution in [-0.2, 0) is 0 Å². The van der Waals surface area contributed by atoms with Crippen LogP contribution in [-0.4, -0.2) is 32.8 Å². The molecule has 1 aromatic heterocycles. The number of benzene rings is 1. The first-order valence-corrected chi connectivity index (χ1v) is 6.58. The number of anilines is 1. The molecule has 0 spiro atoms. The number of aromatic nitrogens is 2. The summed E-state index contributed by atoms with van der Waals surface area (Å²) in [6.45, 7) is 1.59. The van der Waals surface area contributed by atoms with Crippen molar-refractivity contribution in [1.29, 1.82) is 0 Å². The van der Waals surface area contributed by atoms with Crippen LogP contribution in [0.2, 0.25) is 5.02 Å². The summed E-state index contributed by atoms with van der Waals surface area (Å²) in [5.74, 6) is 0.372. The molecule has 106 valence electrons. The highest BCUT2D eigenvalue weighted by Gasteiger charge is 2.21. The molecule has 3 N–H and O–H groups in total. The van der Waals surface area contributed by atoms with Crippen molar-refractivity contribution in [1.82, 2.24) is 9.97 Å². The van der Waals surface area contributed by atoms with E-state index in [0.717, 1.165) is 5.69 Å². The van der Waals surface area contributed by atoms with Crippen molar-refractivity contribution in [3.05, 3.63) is 52.8 Å². The summed E-state index contributed by atoms with van der Waals surface area (Å²) in [5, 5.41) is 23.2. The summed E-state index contributed by atoms with van der Waals surface area (Å²) in [4.78, 5) is 8.24. The maximum atomic E-state index is 10.3. The first kappa shape index (κ1) is 14.7. The third kappa shape index (κ3) is 3.66. The number of hydrogen-bond acceptors (Lipinski definition) is 5. The molecule has 0 amide bonds. The van der Waals surface area contributed by atoms with Crippen LogP contribution >= 0.6 is 11.6 Å². The highest BCUT2D eigenvalue weighted by atomic mass is 35.5. The Bertz CT molecular complexity index is 563. The van der Waals surface area contributed by atoms with Gasteiger partial charge in [-0.15, -0.1) is 0 Å². The molecule has 0 aliphatic heterocycles. The van der Waals surface area contributed by atoms with Crippen molar-refractivity contribution in [3.8, 4) is 0 Å². The molecular formula is C14H16ClN3O2. The first-order chi connectivity index (χ1) is 9.60. The smallest absolute Gasteiger partial charge is 0.223 e. The van der Waals surface area contributed by atoms with Gasteiger partial charge in [-0.3, -0.25) is 0 Å². The van der Waals surface area contributed by atoms with E-state index in [0.29, 0.717) is 16.5 Å². The number of hydrogen-bond donors (Lipinski definition) is 3. The van der Waals surface area contributed by atoms with Crippen LogP contribution in [0.4, 0.5) is 5.95 Å². The topological polar surface area (TPSA) is 78.3 Å². The fourth-order valence-corrected chi connectivity index (χ4v) is 1.93. The number of nitrogens with one attached hydrogen (secondary N) is 1. The summed E-state index contributed by atoms with van der Waals surface area (Å²) >= 11 is 5.81. The van der Waals surface area contributed by atoms with Gasteiger partial charge in [-0.1, -0.05) is 23.7 Å². The Labute approximate surface area is 122 Å². The molecule has 5 nitrogen and oxygen atoms in total. The normalized spacial score (nSPS) is 13.8. The van der Waals surface area contributed by atoms with Crippen LogP contribution in [0.25, 0.3) is 0 Å². The van der Waals surface area contributed by atoms with Crippen LogP contribution in [0.1, 0.15) is 17.4 Å². The maximum Gasteiger partial charge on any atom is 0.223 e. The SMILES string of the molecule is Cc1ccnc(NC(CO)C(O)c2ccc(Cl)cc2)n1. The highest BCUT2D eigenvalue weighted by Crippen LogP contribution is 2.21. The van der Waals surface area contributed by atoms with Crippen molar-refractivity contribution in [2.75, 3.05) is 11.9 Å². The zero-order valence-corrected chi connectivity index (χ0v) is 11.7. The third-order valence-electron chi connectivity index (χ3n) is 2.90. The summed E-state index contributed by atoms with van der Waals surface area (Å²) in [5.41, 5.74) is 1.47. The number of halogens is 1. The number of aryl methyl sites for hydroxylation is 1. The Kier molecular flexibility index (Phi) is 4.89. The van der Waals surface area contributed by atoms with Gasteiger partial charge in [0.05, 0.1) is 12.6 Å². The highest BCUT2D eigenvalue weighted by molar-refractivity contribution is 6.30. The second kappa shape index (κ2) is 6.65. The molecule has 0 radical (unpaired) electrons. The molecule has 2 rings (SSSR count). The number of aliphatic hydroxyl groups is 2. The minimum Gasteiger partial charge on any atom is -0.394 e. The Balaban J connectivity index is 2.13. The van der Waals surface area contributed by atoms with Crippen molar-refractivity contribution >= 4 is 17.5 Å². The van der Waals surface area contributed by atoms with Gasteiger partial charge in [0, 0.05) is 16.9 Å². The Hall–Kier alpha value is -1.69. The Morgan fingerprint density at radius 1 is 1.25 bits per heavy atom.